The largest absolute Gasteiger partial charge is 0.497 e. The lowest BCUT2D eigenvalue weighted by Crippen LogP contribution is -2.11. The predicted molar refractivity (Wildman–Crippen MR) is 72.1 cm³/mol. The third-order valence-electron chi connectivity index (χ3n) is 2.42. The quantitative estimate of drug-likeness (QED) is 0.918. The highest BCUT2D eigenvalue weighted by atomic mass is 32.2. The van der Waals surface area contributed by atoms with Gasteiger partial charge in [-0.05, 0) is 30.3 Å². The van der Waals surface area contributed by atoms with Crippen LogP contribution < -0.4 is 10.5 Å². The zero-order chi connectivity index (χ0) is 13.0. The Kier molecular flexibility index (Phi) is 3.89. The van der Waals surface area contributed by atoms with Crippen molar-refractivity contribution in [3.63, 3.8) is 0 Å². The molecule has 1 amide bonds. The van der Waals surface area contributed by atoms with Crippen LogP contribution in [0.15, 0.2) is 58.3 Å². The fraction of sp³-hybridized carbons (Fsp3) is 0.0714. The average molecular weight is 259 g/mol. The van der Waals surface area contributed by atoms with E-state index in [1.54, 1.807) is 19.2 Å². The number of rotatable bonds is 4. The first-order valence-electron chi connectivity index (χ1n) is 5.41. The van der Waals surface area contributed by atoms with E-state index < -0.39 is 5.91 Å². The molecule has 0 fully saturated rings. The van der Waals surface area contributed by atoms with Gasteiger partial charge in [-0.15, -0.1) is 0 Å². The second-order valence-corrected chi connectivity index (χ2v) is 4.76. The summed E-state index contributed by atoms with van der Waals surface area (Å²) >= 11 is 1.49. The fourth-order valence-electron chi connectivity index (χ4n) is 1.55. The number of ether oxygens (including phenoxy) is 1. The first kappa shape index (κ1) is 12.5. The van der Waals surface area contributed by atoms with Gasteiger partial charge in [0.05, 0.1) is 12.7 Å². The second-order valence-electron chi connectivity index (χ2n) is 3.64. The summed E-state index contributed by atoms with van der Waals surface area (Å²) in [6.07, 6.45) is 0. The Morgan fingerprint density at radius 2 is 1.94 bits per heavy atom. The summed E-state index contributed by atoms with van der Waals surface area (Å²) in [7, 11) is 1.63. The fourth-order valence-corrected chi connectivity index (χ4v) is 2.55. The van der Waals surface area contributed by atoms with Crippen molar-refractivity contribution < 1.29 is 9.53 Å². The molecular weight excluding hydrogens is 246 g/mol. The monoisotopic (exact) mass is 259 g/mol. The Hall–Kier alpha value is -1.94. The molecule has 0 spiro atoms. The average Bonchev–Trinajstić information content (AvgIpc) is 2.39. The molecule has 0 radical (unpaired) electrons. The van der Waals surface area contributed by atoms with Crippen LogP contribution in [-0.4, -0.2) is 13.0 Å². The van der Waals surface area contributed by atoms with Crippen molar-refractivity contribution in [1.29, 1.82) is 0 Å². The zero-order valence-electron chi connectivity index (χ0n) is 9.92. The van der Waals surface area contributed by atoms with E-state index in [9.17, 15) is 4.79 Å². The van der Waals surface area contributed by atoms with E-state index in [0.29, 0.717) is 5.56 Å². The second kappa shape index (κ2) is 5.60. The summed E-state index contributed by atoms with van der Waals surface area (Å²) in [6.45, 7) is 0. The topological polar surface area (TPSA) is 52.3 Å². The molecule has 0 aliphatic carbocycles. The Bertz CT molecular complexity index is 569. The van der Waals surface area contributed by atoms with Crippen LogP contribution in [0, 0.1) is 0 Å². The van der Waals surface area contributed by atoms with E-state index in [1.807, 2.05) is 36.4 Å². The highest BCUT2D eigenvalue weighted by Crippen LogP contribution is 2.32. The van der Waals surface area contributed by atoms with Gasteiger partial charge in [0.25, 0.3) is 0 Å². The first-order chi connectivity index (χ1) is 8.70. The van der Waals surface area contributed by atoms with Gasteiger partial charge in [0, 0.05) is 9.79 Å². The van der Waals surface area contributed by atoms with Gasteiger partial charge in [0.1, 0.15) is 5.75 Å². The number of hydrogen-bond acceptors (Lipinski definition) is 3. The van der Waals surface area contributed by atoms with Crippen LogP contribution in [0.3, 0.4) is 0 Å². The van der Waals surface area contributed by atoms with Crippen LogP contribution in [0.1, 0.15) is 10.4 Å². The van der Waals surface area contributed by atoms with E-state index >= 15 is 0 Å². The van der Waals surface area contributed by atoms with Crippen LogP contribution in [0.2, 0.25) is 0 Å². The van der Waals surface area contributed by atoms with E-state index in [-0.39, 0.29) is 0 Å². The van der Waals surface area contributed by atoms with Crippen molar-refractivity contribution in [2.24, 2.45) is 5.73 Å². The molecule has 0 atom stereocenters. The standard InChI is InChI=1S/C14H13NO2S/c1-17-10-5-4-6-11(9-10)18-13-8-3-2-7-12(13)14(15)16/h2-9H,1H3,(H2,15,16). The van der Waals surface area contributed by atoms with Crippen molar-refractivity contribution in [3.05, 3.63) is 54.1 Å². The van der Waals surface area contributed by atoms with Crippen LogP contribution in [0.5, 0.6) is 5.75 Å². The van der Waals surface area contributed by atoms with Gasteiger partial charge < -0.3 is 10.5 Å². The minimum atomic E-state index is -0.416. The van der Waals surface area contributed by atoms with Gasteiger partial charge in [-0.25, -0.2) is 0 Å². The van der Waals surface area contributed by atoms with Crippen molar-refractivity contribution in [1.82, 2.24) is 0 Å². The lowest BCUT2D eigenvalue weighted by molar-refractivity contribution is 0.0997. The van der Waals surface area contributed by atoms with Crippen LogP contribution >= 0.6 is 11.8 Å². The van der Waals surface area contributed by atoms with Gasteiger partial charge in [-0.2, -0.15) is 0 Å². The van der Waals surface area contributed by atoms with Crippen molar-refractivity contribution in [2.75, 3.05) is 7.11 Å². The maximum atomic E-state index is 11.3. The molecule has 0 heterocycles. The number of methoxy groups -OCH3 is 1. The molecule has 92 valence electrons. The van der Waals surface area contributed by atoms with Crippen molar-refractivity contribution >= 4 is 17.7 Å². The van der Waals surface area contributed by atoms with Crippen LogP contribution in [0.25, 0.3) is 0 Å². The minimum Gasteiger partial charge on any atom is -0.497 e. The number of carbonyl (C=O) groups is 1. The molecule has 2 rings (SSSR count). The number of primary amides is 1. The number of benzene rings is 2. The molecule has 2 N–H and O–H groups in total. The molecule has 0 bridgehead atoms. The molecule has 4 heteroatoms. The number of nitrogens with two attached hydrogens (primary N) is 1. The highest BCUT2D eigenvalue weighted by Gasteiger charge is 2.08. The number of amides is 1. The SMILES string of the molecule is COc1cccc(Sc2ccccc2C(N)=O)c1. The molecule has 2 aromatic carbocycles. The van der Waals surface area contributed by atoms with Gasteiger partial charge in [0.15, 0.2) is 0 Å². The van der Waals surface area contributed by atoms with Crippen molar-refractivity contribution in [2.45, 2.75) is 9.79 Å². The van der Waals surface area contributed by atoms with Crippen LogP contribution in [-0.2, 0) is 0 Å². The molecule has 0 aliphatic rings. The molecule has 0 saturated carbocycles. The summed E-state index contributed by atoms with van der Waals surface area (Å²) < 4.78 is 5.17. The summed E-state index contributed by atoms with van der Waals surface area (Å²) in [5, 5.41) is 0. The van der Waals surface area contributed by atoms with E-state index in [2.05, 4.69) is 0 Å². The molecule has 3 nitrogen and oxygen atoms in total. The zero-order valence-corrected chi connectivity index (χ0v) is 10.7. The minimum absolute atomic E-state index is 0.416. The summed E-state index contributed by atoms with van der Waals surface area (Å²) in [6, 6.07) is 15.0. The number of carbonyl (C=O) groups excluding carboxylic acids is 1. The maximum absolute atomic E-state index is 11.3. The van der Waals surface area contributed by atoms with Gasteiger partial charge in [0.2, 0.25) is 5.91 Å². The molecule has 0 aromatic heterocycles. The normalized spacial score (nSPS) is 10.1. The summed E-state index contributed by atoms with van der Waals surface area (Å²) in [5.41, 5.74) is 5.88. The van der Waals surface area contributed by atoms with Gasteiger partial charge in [-0.3, -0.25) is 4.79 Å². The summed E-state index contributed by atoms with van der Waals surface area (Å²) in [5.74, 6) is 0.373. The smallest absolute Gasteiger partial charge is 0.249 e. The van der Waals surface area contributed by atoms with Crippen LogP contribution in [0.4, 0.5) is 0 Å². The molecule has 0 aliphatic heterocycles. The third-order valence-corrected chi connectivity index (χ3v) is 3.49. The van der Waals surface area contributed by atoms with Gasteiger partial charge >= 0.3 is 0 Å². The molecule has 18 heavy (non-hydrogen) atoms. The van der Waals surface area contributed by atoms with E-state index in [1.165, 1.54) is 11.8 Å². The summed E-state index contributed by atoms with van der Waals surface area (Å²) in [4.78, 5) is 13.2. The molecule has 0 saturated heterocycles. The lowest BCUT2D eigenvalue weighted by Gasteiger charge is -2.07. The Labute approximate surface area is 110 Å². The third kappa shape index (κ3) is 2.84. The lowest BCUT2D eigenvalue weighted by atomic mass is 10.2. The molecule has 2 aromatic rings. The maximum Gasteiger partial charge on any atom is 0.249 e. The number of hydrogen-bond donors (Lipinski definition) is 1. The molecule has 0 unspecified atom stereocenters. The molecular formula is C14H13NO2S. The van der Waals surface area contributed by atoms with Crippen molar-refractivity contribution in [3.8, 4) is 5.75 Å². The predicted octanol–water partition coefficient (Wildman–Crippen LogP) is 2.95. The Morgan fingerprint density at radius 3 is 2.67 bits per heavy atom. The first-order valence-corrected chi connectivity index (χ1v) is 6.23. The van der Waals surface area contributed by atoms with Gasteiger partial charge in [-0.1, -0.05) is 30.0 Å². The Morgan fingerprint density at radius 1 is 1.17 bits per heavy atom. The Balaban J connectivity index is 2.31. The van der Waals surface area contributed by atoms with E-state index in [0.717, 1.165) is 15.5 Å². The van der Waals surface area contributed by atoms with E-state index in [4.69, 9.17) is 10.5 Å². The highest BCUT2D eigenvalue weighted by molar-refractivity contribution is 7.99.